The van der Waals surface area contributed by atoms with E-state index in [0.717, 1.165) is 5.56 Å². The number of benzene rings is 1. The number of hydrogen-bond acceptors (Lipinski definition) is 4. The number of nitrogens with zero attached hydrogens (tertiary/aromatic N) is 1. The smallest absolute Gasteiger partial charge is 0.148 e. The molecule has 1 saturated heterocycles. The number of ether oxygens (including phenoxy) is 1. The molecule has 0 aliphatic carbocycles. The monoisotopic (exact) mass is 195 g/mol. The summed E-state index contributed by atoms with van der Waals surface area (Å²) in [4.78, 5) is 0. The standard InChI is InChI=1S/C9H12N2OS/c1-11-8(12-9(13)10-11)7-5-3-2-4-6-7/h2-6,8-10,13H,1H3/p-1. The second kappa shape index (κ2) is 3.67. The molecule has 1 N–H and O–H groups in total. The molecule has 1 aromatic rings. The van der Waals surface area contributed by atoms with Crippen LogP contribution in [0.1, 0.15) is 11.8 Å². The van der Waals surface area contributed by atoms with Crippen LogP contribution in [0.25, 0.3) is 0 Å². The van der Waals surface area contributed by atoms with E-state index in [1.165, 1.54) is 0 Å². The maximum atomic E-state index is 5.49. The van der Waals surface area contributed by atoms with Crippen LogP contribution in [0.5, 0.6) is 0 Å². The summed E-state index contributed by atoms with van der Waals surface area (Å²) < 4.78 is 5.49. The molecule has 1 aromatic carbocycles. The first-order chi connectivity index (χ1) is 6.27. The van der Waals surface area contributed by atoms with Crippen LogP contribution in [-0.2, 0) is 17.4 Å². The van der Waals surface area contributed by atoms with Crippen molar-refractivity contribution in [1.29, 1.82) is 0 Å². The molecule has 13 heavy (non-hydrogen) atoms. The van der Waals surface area contributed by atoms with E-state index in [-0.39, 0.29) is 11.8 Å². The molecule has 0 radical (unpaired) electrons. The summed E-state index contributed by atoms with van der Waals surface area (Å²) in [5.41, 5.74) is 3.78. The molecule has 1 fully saturated rings. The molecule has 2 atom stereocenters. The third-order valence-electron chi connectivity index (χ3n) is 2.00. The molecule has 0 amide bonds. The van der Waals surface area contributed by atoms with E-state index < -0.39 is 0 Å². The SMILES string of the molecule is CN1NC([S-])OC1c1ccccc1. The van der Waals surface area contributed by atoms with Crippen LogP contribution < -0.4 is 5.43 Å². The highest BCUT2D eigenvalue weighted by Crippen LogP contribution is 2.24. The largest absolute Gasteiger partial charge is 0.744 e. The lowest BCUT2D eigenvalue weighted by Crippen LogP contribution is -2.31. The van der Waals surface area contributed by atoms with Crippen molar-refractivity contribution in [2.24, 2.45) is 0 Å². The Balaban J connectivity index is 2.18. The zero-order chi connectivity index (χ0) is 9.26. The lowest BCUT2D eigenvalue weighted by atomic mass is 10.2. The maximum absolute atomic E-state index is 5.49. The molecular weight excluding hydrogens is 184 g/mol. The van der Waals surface area contributed by atoms with E-state index in [2.05, 4.69) is 5.43 Å². The highest BCUT2D eigenvalue weighted by atomic mass is 32.1. The van der Waals surface area contributed by atoms with Crippen LogP contribution in [0, 0.1) is 0 Å². The molecule has 4 heteroatoms. The zero-order valence-electron chi connectivity index (χ0n) is 7.31. The summed E-state index contributed by atoms with van der Waals surface area (Å²) in [5, 5.41) is 1.88. The summed E-state index contributed by atoms with van der Waals surface area (Å²) in [5.74, 6) is 0. The van der Waals surface area contributed by atoms with Gasteiger partial charge in [-0.2, -0.15) is 0 Å². The second-order valence-corrected chi connectivity index (χ2v) is 3.40. The highest BCUT2D eigenvalue weighted by molar-refractivity contribution is 7.59. The van der Waals surface area contributed by atoms with Crippen molar-refractivity contribution in [2.45, 2.75) is 11.8 Å². The molecule has 70 valence electrons. The van der Waals surface area contributed by atoms with Gasteiger partial charge in [-0.3, -0.25) is 0 Å². The van der Waals surface area contributed by atoms with Gasteiger partial charge >= 0.3 is 0 Å². The second-order valence-electron chi connectivity index (χ2n) is 2.97. The Kier molecular flexibility index (Phi) is 2.55. The van der Waals surface area contributed by atoms with E-state index in [1.54, 1.807) is 0 Å². The molecule has 0 aromatic heterocycles. The number of hydrogen-bond donors (Lipinski definition) is 1. The predicted molar refractivity (Wildman–Crippen MR) is 52.3 cm³/mol. The van der Waals surface area contributed by atoms with Crippen molar-refractivity contribution in [1.82, 2.24) is 10.4 Å². The maximum Gasteiger partial charge on any atom is 0.148 e. The third kappa shape index (κ3) is 1.86. The van der Waals surface area contributed by atoms with Gasteiger partial charge in [0.05, 0.1) is 0 Å². The van der Waals surface area contributed by atoms with Crippen molar-refractivity contribution in [3.05, 3.63) is 35.9 Å². The lowest BCUT2D eigenvalue weighted by molar-refractivity contribution is 0.0339. The molecule has 1 aliphatic rings. The number of nitrogens with one attached hydrogen (secondary N) is 1. The fraction of sp³-hybridized carbons (Fsp3) is 0.333. The summed E-state index contributed by atoms with van der Waals surface area (Å²) in [6.45, 7) is 0. The number of hydrazine groups is 1. The molecule has 1 heterocycles. The first-order valence-corrected chi connectivity index (χ1v) is 4.60. The van der Waals surface area contributed by atoms with Crippen molar-refractivity contribution >= 4 is 12.6 Å². The summed E-state index contributed by atoms with van der Waals surface area (Å²) in [6, 6.07) is 10.0. The Bertz CT molecular complexity index is 280. The highest BCUT2D eigenvalue weighted by Gasteiger charge is 2.23. The number of rotatable bonds is 1. The third-order valence-corrected chi connectivity index (χ3v) is 2.21. The van der Waals surface area contributed by atoms with Crippen molar-refractivity contribution < 1.29 is 4.74 Å². The van der Waals surface area contributed by atoms with E-state index in [1.807, 2.05) is 42.4 Å². The van der Waals surface area contributed by atoms with Crippen molar-refractivity contribution in [3.63, 3.8) is 0 Å². The van der Waals surface area contributed by atoms with Gasteiger partial charge in [-0.1, -0.05) is 30.3 Å². The lowest BCUT2D eigenvalue weighted by Gasteiger charge is -2.17. The summed E-state index contributed by atoms with van der Waals surface area (Å²) in [6.07, 6.45) is -0.0660. The van der Waals surface area contributed by atoms with Crippen LogP contribution in [0.4, 0.5) is 0 Å². The van der Waals surface area contributed by atoms with Gasteiger partial charge in [0, 0.05) is 12.6 Å². The van der Waals surface area contributed by atoms with Crippen LogP contribution in [0.15, 0.2) is 30.3 Å². The van der Waals surface area contributed by atoms with Gasteiger partial charge in [0.1, 0.15) is 6.23 Å². The molecule has 1 aliphatic heterocycles. The predicted octanol–water partition coefficient (Wildman–Crippen LogP) is 0.982. The Morgan fingerprint density at radius 1 is 1.38 bits per heavy atom. The van der Waals surface area contributed by atoms with Crippen molar-refractivity contribution in [2.75, 3.05) is 7.05 Å². The molecule has 0 bridgehead atoms. The molecule has 3 nitrogen and oxygen atoms in total. The van der Waals surface area contributed by atoms with Crippen LogP contribution >= 0.6 is 0 Å². The zero-order valence-corrected chi connectivity index (χ0v) is 8.12. The van der Waals surface area contributed by atoms with Crippen molar-refractivity contribution in [3.8, 4) is 0 Å². The molecular formula is C9H11N2OS-. The topological polar surface area (TPSA) is 24.5 Å². The minimum Gasteiger partial charge on any atom is -0.744 e. The van der Waals surface area contributed by atoms with Crippen LogP contribution in [0.3, 0.4) is 0 Å². The summed E-state index contributed by atoms with van der Waals surface area (Å²) >= 11 is 4.98. The average molecular weight is 195 g/mol. The fourth-order valence-electron chi connectivity index (χ4n) is 1.39. The minimum atomic E-state index is -0.324. The van der Waals surface area contributed by atoms with Gasteiger partial charge < -0.3 is 17.4 Å². The fourth-order valence-corrected chi connectivity index (χ4v) is 1.66. The van der Waals surface area contributed by atoms with E-state index >= 15 is 0 Å². The first kappa shape index (κ1) is 9.02. The molecule has 2 rings (SSSR count). The first-order valence-electron chi connectivity index (χ1n) is 4.12. The van der Waals surface area contributed by atoms with Gasteiger partial charge in [0.15, 0.2) is 0 Å². The van der Waals surface area contributed by atoms with Crippen LogP contribution in [0.2, 0.25) is 0 Å². The Hall–Kier alpha value is -0.550. The molecule has 0 saturated carbocycles. The van der Waals surface area contributed by atoms with Crippen LogP contribution in [-0.4, -0.2) is 17.6 Å². The average Bonchev–Trinajstić information content (AvgIpc) is 2.47. The Labute approximate surface area is 83.1 Å². The Morgan fingerprint density at radius 3 is 2.62 bits per heavy atom. The minimum absolute atomic E-state index is 0.0660. The quantitative estimate of drug-likeness (QED) is 0.675. The van der Waals surface area contributed by atoms with Gasteiger partial charge in [-0.25, -0.2) is 10.4 Å². The van der Waals surface area contributed by atoms with E-state index in [0.29, 0.717) is 0 Å². The Morgan fingerprint density at radius 2 is 2.08 bits per heavy atom. The van der Waals surface area contributed by atoms with E-state index in [4.69, 9.17) is 17.4 Å². The van der Waals surface area contributed by atoms with E-state index in [9.17, 15) is 0 Å². The summed E-state index contributed by atoms with van der Waals surface area (Å²) in [7, 11) is 1.92. The molecule has 0 spiro atoms. The van der Waals surface area contributed by atoms with Gasteiger partial charge in [-0.15, -0.1) is 0 Å². The normalized spacial score (nSPS) is 29.4. The van der Waals surface area contributed by atoms with Gasteiger partial charge in [-0.05, 0) is 5.56 Å². The molecule has 2 unspecified atom stereocenters. The van der Waals surface area contributed by atoms with Gasteiger partial charge in [0.25, 0.3) is 0 Å². The van der Waals surface area contributed by atoms with Gasteiger partial charge in [0.2, 0.25) is 0 Å².